The van der Waals surface area contributed by atoms with Gasteiger partial charge in [-0.1, -0.05) is 0 Å². The fourth-order valence-corrected chi connectivity index (χ4v) is 0.513. The minimum Gasteiger partial charge on any atom is -0.370 e. The van der Waals surface area contributed by atoms with E-state index in [1.807, 2.05) is 0 Å². The second-order valence-electron chi connectivity index (χ2n) is 1.80. The van der Waals surface area contributed by atoms with Gasteiger partial charge in [-0.2, -0.15) is 0 Å². The topological polar surface area (TPSA) is 106 Å². The second kappa shape index (κ2) is 2.07. The van der Waals surface area contributed by atoms with E-state index < -0.39 is 5.79 Å². The Morgan fingerprint density at radius 3 is 2.90 bits per heavy atom. The summed E-state index contributed by atoms with van der Waals surface area (Å²) in [6, 6.07) is 0. The molecule has 1 rings (SSSR count). The minimum absolute atomic E-state index is 0.0876. The SMILES string of the molecule is NC1=NC(N)(C=O)N=CN1. The van der Waals surface area contributed by atoms with Crippen molar-refractivity contribution < 1.29 is 4.79 Å². The lowest BCUT2D eigenvalue weighted by molar-refractivity contribution is -0.111. The van der Waals surface area contributed by atoms with E-state index in [0.29, 0.717) is 6.29 Å². The molecule has 10 heavy (non-hydrogen) atoms. The Hall–Kier alpha value is -1.43. The van der Waals surface area contributed by atoms with Crippen molar-refractivity contribution in [3.8, 4) is 0 Å². The van der Waals surface area contributed by atoms with Gasteiger partial charge in [0.1, 0.15) is 0 Å². The minimum atomic E-state index is -1.52. The summed E-state index contributed by atoms with van der Waals surface area (Å²) in [6.07, 6.45) is 1.65. The molecule has 0 aromatic rings. The highest BCUT2D eigenvalue weighted by atomic mass is 16.1. The third-order valence-electron chi connectivity index (χ3n) is 0.957. The summed E-state index contributed by atoms with van der Waals surface area (Å²) in [7, 11) is 0. The monoisotopic (exact) mass is 141 g/mol. The molecular weight excluding hydrogens is 134 g/mol. The van der Waals surface area contributed by atoms with Gasteiger partial charge in [0.15, 0.2) is 12.2 Å². The number of nitrogens with one attached hydrogen (secondary N) is 1. The molecule has 0 amide bonds. The third-order valence-corrected chi connectivity index (χ3v) is 0.957. The summed E-state index contributed by atoms with van der Waals surface area (Å²) in [5.41, 5.74) is 10.5. The Bertz CT molecular complexity index is 210. The Morgan fingerprint density at radius 2 is 2.50 bits per heavy atom. The number of carbonyl (C=O) groups is 1. The van der Waals surface area contributed by atoms with Crippen LogP contribution in [0.3, 0.4) is 0 Å². The number of aldehydes is 1. The number of nitrogens with zero attached hydrogens (tertiary/aromatic N) is 2. The van der Waals surface area contributed by atoms with Crippen molar-refractivity contribution in [2.75, 3.05) is 0 Å². The van der Waals surface area contributed by atoms with Crippen LogP contribution in [0.2, 0.25) is 0 Å². The maximum absolute atomic E-state index is 10.2. The van der Waals surface area contributed by atoms with Crippen LogP contribution in [0.15, 0.2) is 9.98 Å². The molecule has 0 fully saturated rings. The van der Waals surface area contributed by atoms with Gasteiger partial charge in [-0.3, -0.25) is 10.5 Å². The molecule has 0 aliphatic carbocycles. The van der Waals surface area contributed by atoms with E-state index in [1.165, 1.54) is 6.34 Å². The Morgan fingerprint density at radius 1 is 1.80 bits per heavy atom. The maximum atomic E-state index is 10.2. The Balaban J connectivity index is 2.87. The molecule has 1 aliphatic rings. The van der Waals surface area contributed by atoms with E-state index in [-0.39, 0.29) is 5.96 Å². The maximum Gasteiger partial charge on any atom is 0.264 e. The fourth-order valence-electron chi connectivity index (χ4n) is 0.513. The van der Waals surface area contributed by atoms with E-state index in [9.17, 15) is 4.79 Å². The summed E-state index contributed by atoms with van der Waals surface area (Å²) < 4.78 is 0. The molecular formula is C4H7N5O. The zero-order valence-electron chi connectivity index (χ0n) is 5.11. The highest BCUT2D eigenvalue weighted by Gasteiger charge is 2.23. The van der Waals surface area contributed by atoms with Crippen molar-refractivity contribution in [2.45, 2.75) is 5.79 Å². The molecule has 0 radical (unpaired) electrons. The molecule has 0 saturated carbocycles. The number of hydrogen-bond acceptors (Lipinski definition) is 6. The predicted octanol–water partition coefficient (Wildman–Crippen LogP) is -2.26. The van der Waals surface area contributed by atoms with Gasteiger partial charge in [0.2, 0.25) is 0 Å². The average molecular weight is 141 g/mol. The highest BCUT2D eigenvalue weighted by Crippen LogP contribution is 2.00. The van der Waals surface area contributed by atoms with Crippen LogP contribution in [0.5, 0.6) is 0 Å². The van der Waals surface area contributed by atoms with E-state index >= 15 is 0 Å². The lowest BCUT2D eigenvalue weighted by Crippen LogP contribution is -2.47. The van der Waals surface area contributed by atoms with Crippen LogP contribution in [-0.2, 0) is 4.79 Å². The van der Waals surface area contributed by atoms with E-state index in [4.69, 9.17) is 11.5 Å². The van der Waals surface area contributed by atoms with Gasteiger partial charge >= 0.3 is 0 Å². The first-order chi connectivity index (χ1) is 4.66. The molecule has 1 aliphatic heterocycles. The first-order valence-electron chi connectivity index (χ1n) is 2.57. The van der Waals surface area contributed by atoms with Crippen molar-refractivity contribution in [3.05, 3.63) is 0 Å². The zero-order valence-corrected chi connectivity index (χ0v) is 5.11. The van der Waals surface area contributed by atoms with Crippen molar-refractivity contribution >= 4 is 18.6 Å². The molecule has 1 unspecified atom stereocenters. The number of aliphatic imine (C=N–C) groups is 2. The molecule has 0 bridgehead atoms. The van der Waals surface area contributed by atoms with Crippen LogP contribution >= 0.6 is 0 Å². The highest BCUT2D eigenvalue weighted by molar-refractivity contribution is 5.93. The summed E-state index contributed by atoms with van der Waals surface area (Å²) >= 11 is 0. The number of carbonyl (C=O) groups excluding carboxylic acids is 1. The zero-order chi connectivity index (χ0) is 7.61. The van der Waals surface area contributed by atoms with Crippen LogP contribution in [0.4, 0.5) is 0 Å². The van der Waals surface area contributed by atoms with Gasteiger partial charge in [-0.05, 0) is 0 Å². The normalized spacial score (nSPS) is 30.7. The van der Waals surface area contributed by atoms with Crippen molar-refractivity contribution in [1.82, 2.24) is 5.32 Å². The van der Waals surface area contributed by atoms with Crippen molar-refractivity contribution in [2.24, 2.45) is 21.5 Å². The van der Waals surface area contributed by atoms with Crippen LogP contribution < -0.4 is 16.8 Å². The van der Waals surface area contributed by atoms with Crippen LogP contribution in [-0.4, -0.2) is 24.4 Å². The van der Waals surface area contributed by atoms with Crippen molar-refractivity contribution in [1.29, 1.82) is 0 Å². The molecule has 1 heterocycles. The van der Waals surface area contributed by atoms with Crippen LogP contribution in [0, 0.1) is 0 Å². The largest absolute Gasteiger partial charge is 0.370 e. The molecule has 54 valence electrons. The summed E-state index contributed by atoms with van der Waals surface area (Å²) in [5.74, 6) is -1.43. The van der Waals surface area contributed by atoms with Gasteiger partial charge in [-0.25, -0.2) is 9.98 Å². The standard InChI is InChI=1S/C4H7N5O/c5-3-7-2-8-4(6,1-10)9-3/h1-2H,6H2,(H3,5,7,8,9). The Labute approximate surface area is 57.0 Å². The van der Waals surface area contributed by atoms with Gasteiger partial charge < -0.3 is 11.1 Å². The lowest BCUT2D eigenvalue weighted by Gasteiger charge is -2.16. The molecule has 0 spiro atoms. The summed E-state index contributed by atoms with van der Waals surface area (Å²) in [5, 5.41) is 2.47. The van der Waals surface area contributed by atoms with Crippen LogP contribution in [0.1, 0.15) is 0 Å². The van der Waals surface area contributed by atoms with E-state index in [1.54, 1.807) is 0 Å². The smallest absolute Gasteiger partial charge is 0.264 e. The molecule has 1 atom stereocenters. The first kappa shape index (κ1) is 6.69. The fraction of sp³-hybridized carbons (Fsp3) is 0.250. The quantitative estimate of drug-likeness (QED) is 0.358. The third kappa shape index (κ3) is 1.11. The van der Waals surface area contributed by atoms with Gasteiger partial charge in [0.25, 0.3) is 5.79 Å². The van der Waals surface area contributed by atoms with E-state index in [0.717, 1.165) is 0 Å². The van der Waals surface area contributed by atoms with Crippen molar-refractivity contribution in [3.63, 3.8) is 0 Å². The lowest BCUT2D eigenvalue weighted by atomic mass is 10.4. The van der Waals surface area contributed by atoms with Gasteiger partial charge in [-0.15, -0.1) is 0 Å². The number of guanidine groups is 1. The Kier molecular flexibility index (Phi) is 1.38. The van der Waals surface area contributed by atoms with Gasteiger partial charge in [0.05, 0.1) is 6.34 Å². The molecule has 6 nitrogen and oxygen atoms in total. The average Bonchev–Trinajstić information content (AvgIpc) is 1.88. The van der Waals surface area contributed by atoms with E-state index in [2.05, 4.69) is 15.3 Å². The van der Waals surface area contributed by atoms with Gasteiger partial charge in [0, 0.05) is 0 Å². The number of rotatable bonds is 1. The molecule has 0 aromatic heterocycles. The molecule has 0 saturated heterocycles. The molecule has 6 heteroatoms. The predicted molar refractivity (Wildman–Crippen MR) is 36.2 cm³/mol. The second-order valence-corrected chi connectivity index (χ2v) is 1.80. The summed E-state index contributed by atoms with van der Waals surface area (Å²) in [6.45, 7) is 0. The summed E-state index contributed by atoms with van der Waals surface area (Å²) in [4.78, 5) is 17.3. The molecule has 0 aromatic carbocycles. The molecule has 5 N–H and O–H groups in total. The number of nitrogens with two attached hydrogens (primary N) is 2. The number of hydrogen-bond donors (Lipinski definition) is 3. The first-order valence-corrected chi connectivity index (χ1v) is 2.57. The van der Waals surface area contributed by atoms with Crippen LogP contribution in [0.25, 0.3) is 0 Å².